The van der Waals surface area contributed by atoms with E-state index in [-0.39, 0.29) is 39.9 Å². The van der Waals surface area contributed by atoms with Gasteiger partial charge in [0.1, 0.15) is 36.9 Å². The highest BCUT2D eigenvalue weighted by molar-refractivity contribution is 14.1. The molecule has 3 saturated heterocycles. The van der Waals surface area contributed by atoms with Gasteiger partial charge in [0.05, 0.1) is 78.1 Å². The molecule has 0 atom stereocenters. The summed E-state index contributed by atoms with van der Waals surface area (Å²) in [5.41, 5.74) is 7.97. The number of ketones is 1. The summed E-state index contributed by atoms with van der Waals surface area (Å²) < 4.78 is 180. The number of rotatable bonds is 19. The lowest BCUT2D eigenvalue weighted by atomic mass is 9.63. The fourth-order valence-corrected chi connectivity index (χ4v) is 21.1. The Balaban J connectivity index is 0.000000141. The second-order valence-corrected chi connectivity index (χ2v) is 40.2. The molecule has 0 amide bonds. The summed E-state index contributed by atoms with van der Waals surface area (Å²) in [6.07, 6.45) is 19.2. The molecule has 0 radical (unpaired) electrons. The zero-order valence-corrected chi connectivity index (χ0v) is 73.5. The van der Waals surface area contributed by atoms with Crippen LogP contribution in [-0.4, -0.2) is 174 Å². The average molecular weight is 1920 g/mol. The third-order valence-corrected chi connectivity index (χ3v) is 29.4. The minimum absolute atomic E-state index is 0.120. The highest BCUT2D eigenvalue weighted by atomic mass is 127. The van der Waals surface area contributed by atoms with Gasteiger partial charge in [-0.25, -0.2) is 16.8 Å². The van der Waals surface area contributed by atoms with Crippen molar-refractivity contribution >= 4 is 132 Å². The minimum Gasteiger partial charge on any atom is -0.495 e. The van der Waals surface area contributed by atoms with Crippen LogP contribution in [0.15, 0.2) is 119 Å². The number of sulfone groups is 2. The van der Waals surface area contributed by atoms with Gasteiger partial charge in [-0.1, -0.05) is 49.3 Å². The Morgan fingerprint density at radius 3 is 1.19 bits per heavy atom. The fourth-order valence-electron chi connectivity index (χ4n) is 18.4. The van der Waals surface area contributed by atoms with Crippen LogP contribution in [0.5, 0.6) is 11.5 Å². The first-order valence-corrected chi connectivity index (χ1v) is 47.0. The van der Waals surface area contributed by atoms with E-state index >= 15 is 0 Å². The number of likely N-dealkylation sites (tertiary alicyclic amines) is 2. The zero-order valence-electron chi connectivity index (χ0n) is 67.6. The van der Waals surface area contributed by atoms with Gasteiger partial charge in [-0.2, -0.15) is 39.5 Å². The number of aromatic nitrogens is 3. The first-order valence-electron chi connectivity index (χ1n) is 41.0. The second kappa shape index (κ2) is 37.4. The Kier molecular flexibility index (Phi) is 28.1. The molecule has 3 aromatic heterocycles. The molecule has 5 aromatic carbocycles. The number of hydrogen-bond acceptors (Lipinski definition) is 15. The van der Waals surface area contributed by atoms with Gasteiger partial charge >= 0.3 is 18.5 Å². The van der Waals surface area contributed by atoms with Crippen molar-refractivity contribution in [2.45, 2.75) is 213 Å². The van der Waals surface area contributed by atoms with Crippen LogP contribution >= 0.6 is 45.2 Å². The number of benzene rings is 5. The molecular formula is C88H106F9I2N11O7S2. The van der Waals surface area contributed by atoms with Gasteiger partial charge in [0.25, 0.3) is 0 Å². The molecule has 9 fully saturated rings. The molecule has 3 aliphatic heterocycles. The van der Waals surface area contributed by atoms with Crippen LogP contribution in [0.4, 0.5) is 68.0 Å². The number of alkyl halides is 9. The summed E-state index contributed by atoms with van der Waals surface area (Å²) in [7, 11) is -3.72. The molecule has 8 aromatic rings. The maximum atomic E-state index is 13.7. The van der Waals surface area contributed by atoms with E-state index in [1.165, 1.54) is 162 Å². The number of nitrogens with zero attached hydrogens (tertiary/aromatic N) is 5. The van der Waals surface area contributed by atoms with Crippen molar-refractivity contribution < 1.29 is 70.6 Å². The lowest BCUT2D eigenvalue weighted by Crippen LogP contribution is -2.63. The highest BCUT2D eigenvalue weighted by Gasteiger charge is 2.51. The van der Waals surface area contributed by atoms with E-state index in [1.807, 2.05) is 75.5 Å². The van der Waals surface area contributed by atoms with Gasteiger partial charge in [-0.05, 0) is 249 Å². The maximum Gasteiger partial charge on any atom is 0.406 e. The number of methoxy groups -OCH3 is 2. The van der Waals surface area contributed by atoms with E-state index in [9.17, 15) is 61.1 Å². The Morgan fingerprint density at radius 1 is 0.487 bits per heavy atom. The Bertz CT molecular complexity index is 5230. The van der Waals surface area contributed by atoms with Gasteiger partial charge < -0.3 is 55.1 Å². The minimum atomic E-state index is -4.41. The van der Waals surface area contributed by atoms with Crippen molar-refractivity contribution in [2.24, 2.45) is 16.2 Å². The molecule has 6 heterocycles. The van der Waals surface area contributed by atoms with Gasteiger partial charge in [0.2, 0.25) is 0 Å². The topological polar surface area (TPSA) is 197 Å². The summed E-state index contributed by atoms with van der Waals surface area (Å²) in [6, 6.07) is 33.1. The van der Waals surface area contributed by atoms with E-state index in [0.717, 1.165) is 109 Å². The molecule has 644 valence electrons. The number of Topliss-reactive ketones (excluding diaryl/α,β-unsaturated/α-hetero) is 1. The number of nitrogens with one attached hydrogen (secondary N) is 6. The van der Waals surface area contributed by atoms with E-state index < -0.39 is 57.8 Å². The molecule has 3 spiro atoms. The summed E-state index contributed by atoms with van der Waals surface area (Å²) in [6.45, 7) is 5.15. The highest BCUT2D eigenvalue weighted by Crippen LogP contribution is 2.52. The summed E-state index contributed by atoms with van der Waals surface area (Å²) >= 11 is 3.94. The van der Waals surface area contributed by atoms with Crippen molar-refractivity contribution in [3.8, 4) is 35.7 Å². The Morgan fingerprint density at radius 2 is 0.857 bits per heavy atom. The summed E-state index contributed by atoms with van der Waals surface area (Å²) in [5, 5.41) is 22.4. The third-order valence-electron chi connectivity index (χ3n) is 25.4. The monoisotopic (exact) mass is 1920 g/mol. The first kappa shape index (κ1) is 89.5. The molecular weight excluding hydrogens is 1810 g/mol. The molecule has 17 rings (SSSR count). The molecule has 0 unspecified atom stereocenters. The molecule has 119 heavy (non-hydrogen) atoms. The number of carbonyl (C=O) groups is 1. The van der Waals surface area contributed by atoms with Gasteiger partial charge in [0, 0.05) is 140 Å². The van der Waals surface area contributed by atoms with E-state index in [2.05, 4.69) is 59.5 Å². The van der Waals surface area contributed by atoms with Crippen LogP contribution in [-0.2, 0) is 44.1 Å². The van der Waals surface area contributed by atoms with Crippen LogP contribution in [0.25, 0.3) is 32.7 Å². The largest absolute Gasteiger partial charge is 0.495 e. The summed E-state index contributed by atoms with van der Waals surface area (Å²) in [5.74, 6) is 9.35. The number of anilines is 5. The van der Waals surface area contributed by atoms with Gasteiger partial charge in [0.15, 0.2) is 19.7 Å². The van der Waals surface area contributed by atoms with Gasteiger partial charge in [-0.3, -0.25) is 14.6 Å². The quantitative estimate of drug-likeness (QED) is 0.0254. The Labute approximate surface area is 718 Å². The number of ether oxygens (including phenoxy) is 2. The van der Waals surface area contributed by atoms with Gasteiger partial charge in [-0.15, -0.1) is 6.42 Å². The predicted molar refractivity (Wildman–Crippen MR) is 469 cm³/mol. The number of halogens is 11. The molecule has 0 bridgehead atoms. The molecule has 18 nitrogen and oxygen atoms in total. The lowest BCUT2D eigenvalue weighted by molar-refractivity contribution is -0.141. The second-order valence-electron chi connectivity index (χ2n) is 34.0. The fraction of sp³-hybridized carbons (Fsp3) is 0.534. The lowest BCUT2D eigenvalue weighted by Gasteiger charge is -2.59. The van der Waals surface area contributed by atoms with E-state index in [1.54, 1.807) is 54.6 Å². The SMILES string of the molecule is C#CCNc1ccc(S(C)(=O)=O)cc1OC.C1CC2(C1)CNC2.COc1cc(S(C)(=O)=O)ccc1NCC#Cc1cc2c(NC3CCC(N4CC5(CCC5)C4)CC3)cccc2n1CC(F)(F)F.FC(F)(F)Cn1c(I)cc2c(NC3CCC(N4CC5(CCC5)C4)CC3)cccc21.O=C1CCC(Nc2cccc3c2cc(I)n3CC(F)(F)F)CC1. The van der Waals surface area contributed by atoms with Crippen molar-refractivity contribution in [3.05, 3.63) is 122 Å². The van der Waals surface area contributed by atoms with Crippen molar-refractivity contribution in [3.63, 3.8) is 0 Å². The third kappa shape index (κ3) is 22.6. The van der Waals surface area contributed by atoms with Crippen molar-refractivity contribution in [2.75, 3.05) is 106 Å². The standard InChI is InChI=1S/C33H39F3N4O3S.C22H27F3IN3.C16H16F3IN2O.C11H13NO3S.C6H11N/c1-43-31-19-26(44(2,41)42)13-14-29(31)37-17-4-6-25-18-27-28(7-3-8-30(27)40(25)22-33(34,35)36)38-23-9-11-24(12-10-23)39-20-32(21-39)15-5-16-32;23-22(24,25)14-29-19-4-1-3-18(17(19)11-20(29)26)27-15-5-7-16(8-6-15)28-12-21(13-28)9-2-10-21;17-16(18,19)9-22-14-3-1-2-13(12(14)8-15(22)20)21-10-4-6-11(23)7-5-10;1-4-7-12-10-6-5-9(16(3,13)14)8-11(10)15-2;1-2-6(3-1)4-7-5-6/h3,7-8,13-14,18-19,23-24,37-38H,5,9-12,15-17,20-22H2,1-2H3;1,3-4,11,15-16,27H,2,5-10,12-14H2;1-3,8,10,21H,4-7,9H2;1,5-6,8,12H,7H2,2-3H3;7H,1-5H2. The van der Waals surface area contributed by atoms with Crippen LogP contribution in [0, 0.1) is 47.8 Å². The zero-order chi connectivity index (χ0) is 84.9. The van der Waals surface area contributed by atoms with Crippen molar-refractivity contribution in [1.82, 2.24) is 28.8 Å². The molecule has 6 saturated carbocycles. The predicted octanol–water partition coefficient (Wildman–Crippen LogP) is 18.9. The normalized spacial score (nSPS) is 21.3. The number of fused-ring (bicyclic) bond motifs is 3. The molecule has 6 aliphatic carbocycles. The molecule has 9 aliphatic rings. The maximum absolute atomic E-state index is 13.7. The van der Waals surface area contributed by atoms with E-state index in [4.69, 9.17) is 15.9 Å². The van der Waals surface area contributed by atoms with Crippen LogP contribution < -0.4 is 41.4 Å². The summed E-state index contributed by atoms with van der Waals surface area (Å²) in [4.78, 5) is 17.0. The Hall–Kier alpha value is -7.28. The smallest absolute Gasteiger partial charge is 0.406 e. The van der Waals surface area contributed by atoms with Crippen molar-refractivity contribution in [1.29, 1.82) is 0 Å². The van der Waals surface area contributed by atoms with Crippen LogP contribution in [0.1, 0.15) is 141 Å². The molecule has 31 heteroatoms. The van der Waals surface area contributed by atoms with Crippen LogP contribution in [0.2, 0.25) is 0 Å². The first-order chi connectivity index (χ1) is 56.5. The average Bonchev–Trinajstić information content (AvgIpc) is 1.66. The number of terminal acetylenes is 1. The van der Waals surface area contributed by atoms with Crippen LogP contribution in [0.3, 0.4) is 0 Å². The van der Waals surface area contributed by atoms with E-state index in [0.29, 0.717) is 89.1 Å². The number of hydrogen-bond donors (Lipinski definition) is 6. The molecule has 6 N–H and O–H groups in total. The number of carbonyl (C=O) groups excluding carboxylic acids is 1.